The number of rotatable bonds is 6. The number of nitrogens with one attached hydrogen (secondary N) is 1. The van der Waals surface area contributed by atoms with Crippen LogP contribution in [-0.4, -0.2) is 53.0 Å². The van der Waals surface area contributed by atoms with Crippen LogP contribution in [0.25, 0.3) is 0 Å². The number of carbonyl (C=O) groups excluding carboxylic acids is 1. The van der Waals surface area contributed by atoms with Crippen molar-refractivity contribution in [3.63, 3.8) is 0 Å². The lowest BCUT2D eigenvalue weighted by Crippen LogP contribution is -2.46. The predicted molar refractivity (Wildman–Crippen MR) is 107 cm³/mol. The summed E-state index contributed by atoms with van der Waals surface area (Å²) in [4.78, 5) is 38.9. The third-order valence-corrected chi connectivity index (χ3v) is 4.83. The molecule has 2 heterocycles. The van der Waals surface area contributed by atoms with E-state index < -0.39 is 16.4 Å². The number of piperazine rings is 1. The van der Waals surface area contributed by atoms with Crippen LogP contribution >= 0.6 is 0 Å². The first-order valence-electron chi connectivity index (χ1n) is 9.18. The van der Waals surface area contributed by atoms with Crippen molar-refractivity contribution in [3.05, 3.63) is 63.1 Å². The summed E-state index contributed by atoms with van der Waals surface area (Å²) in [6.07, 6.45) is 1.07. The standard InChI is InChI=1S/C19H23N5O4/c1-2-21-9-11-22(12-10-21)16-5-3-15(4-6-16)20-18(25)14-23-13-17(24(27)28)7-8-19(23)26/h3-8,13H,2,9-12,14H2,1H3,(H,20,25). The fraction of sp³-hybridized carbons (Fsp3) is 0.368. The first kappa shape index (κ1) is 19.6. The number of carbonyl (C=O) groups is 1. The minimum atomic E-state index is -0.604. The quantitative estimate of drug-likeness (QED) is 0.598. The van der Waals surface area contributed by atoms with Crippen molar-refractivity contribution in [2.24, 2.45) is 0 Å². The number of hydrogen-bond donors (Lipinski definition) is 1. The lowest BCUT2D eigenvalue weighted by atomic mass is 10.2. The van der Waals surface area contributed by atoms with Crippen molar-refractivity contribution >= 4 is 23.0 Å². The molecule has 1 amide bonds. The zero-order chi connectivity index (χ0) is 20.1. The molecule has 1 aromatic heterocycles. The summed E-state index contributed by atoms with van der Waals surface area (Å²) < 4.78 is 1.02. The second kappa shape index (κ2) is 8.66. The molecule has 2 aromatic rings. The van der Waals surface area contributed by atoms with Crippen LogP contribution in [0, 0.1) is 10.1 Å². The highest BCUT2D eigenvalue weighted by atomic mass is 16.6. The number of amides is 1. The molecule has 9 nitrogen and oxygen atoms in total. The van der Waals surface area contributed by atoms with Crippen LogP contribution in [-0.2, 0) is 11.3 Å². The smallest absolute Gasteiger partial charge is 0.285 e. The highest BCUT2D eigenvalue weighted by molar-refractivity contribution is 5.90. The first-order chi connectivity index (χ1) is 13.5. The molecule has 3 rings (SSSR count). The Bertz CT molecular complexity index is 901. The van der Waals surface area contributed by atoms with Crippen LogP contribution in [0.2, 0.25) is 0 Å². The number of anilines is 2. The van der Waals surface area contributed by atoms with Crippen molar-refractivity contribution in [2.45, 2.75) is 13.5 Å². The molecule has 9 heteroatoms. The molecule has 1 aromatic carbocycles. The van der Waals surface area contributed by atoms with Crippen molar-refractivity contribution in [1.82, 2.24) is 9.47 Å². The van der Waals surface area contributed by atoms with Gasteiger partial charge in [0.1, 0.15) is 6.54 Å². The molecule has 1 aliphatic rings. The van der Waals surface area contributed by atoms with Crippen molar-refractivity contribution in [1.29, 1.82) is 0 Å². The van der Waals surface area contributed by atoms with E-state index in [-0.39, 0.29) is 12.2 Å². The molecule has 0 radical (unpaired) electrons. The Kier molecular flexibility index (Phi) is 6.05. The van der Waals surface area contributed by atoms with Gasteiger partial charge in [0.05, 0.1) is 11.1 Å². The Morgan fingerprint density at radius 3 is 2.39 bits per heavy atom. The molecule has 0 unspecified atom stereocenters. The monoisotopic (exact) mass is 385 g/mol. The lowest BCUT2D eigenvalue weighted by molar-refractivity contribution is -0.385. The first-order valence-corrected chi connectivity index (χ1v) is 9.18. The van der Waals surface area contributed by atoms with Gasteiger partial charge in [0.25, 0.3) is 11.2 Å². The van der Waals surface area contributed by atoms with E-state index in [1.165, 1.54) is 0 Å². The Morgan fingerprint density at radius 1 is 1.11 bits per heavy atom. The molecular formula is C19H23N5O4. The molecule has 0 bridgehead atoms. The van der Waals surface area contributed by atoms with E-state index in [9.17, 15) is 19.7 Å². The average molecular weight is 385 g/mol. The average Bonchev–Trinajstić information content (AvgIpc) is 2.70. The summed E-state index contributed by atoms with van der Waals surface area (Å²) in [6, 6.07) is 9.74. The van der Waals surface area contributed by atoms with Crippen LogP contribution in [0.4, 0.5) is 17.1 Å². The van der Waals surface area contributed by atoms with E-state index in [1.54, 1.807) is 0 Å². The fourth-order valence-corrected chi connectivity index (χ4v) is 3.18. The van der Waals surface area contributed by atoms with Gasteiger partial charge in [0.2, 0.25) is 5.91 Å². The van der Waals surface area contributed by atoms with E-state index in [1.807, 2.05) is 24.3 Å². The number of likely N-dealkylation sites (N-methyl/N-ethyl adjacent to an activating group) is 1. The highest BCUT2D eigenvalue weighted by Gasteiger charge is 2.16. The van der Waals surface area contributed by atoms with Crippen molar-refractivity contribution in [3.8, 4) is 0 Å². The van der Waals surface area contributed by atoms with Gasteiger partial charge in [0.15, 0.2) is 0 Å². The van der Waals surface area contributed by atoms with Gasteiger partial charge < -0.3 is 15.1 Å². The summed E-state index contributed by atoms with van der Waals surface area (Å²) in [5.74, 6) is -0.424. The van der Waals surface area contributed by atoms with Gasteiger partial charge in [-0.2, -0.15) is 0 Å². The van der Waals surface area contributed by atoms with Gasteiger partial charge in [-0.15, -0.1) is 0 Å². The minimum absolute atomic E-state index is 0.236. The maximum Gasteiger partial charge on any atom is 0.285 e. The van der Waals surface area contributed by atoms with E-state index in [0.29, 0.717) is 5.69 Å². The Hall–Kier alpha value is -3.20. The third kappa shape index (κ3) is 4.74. The second-order valence-electron chi connectivity index (χ2n) is 6.63. The molecule has 0 spiro atoms. The minimum Gasteiger partial charge on any atom is -0.369 e. The van der Waals surface area contributed by atoms with Crippen molar-refractivity contribution in [2.75, 3.05) is 42.9 Å². The fourth-order valence-electron chi connectivity index (χ4n) is 3.18. The third-order valence-electron chi connectivity index (χ3n) is 4.83. The maximum atomic E-state index is 12.2. The zero-order valence-electron chi connectivity index (χ0n) is 15.7. The Labute approximate surface area is 162 Å². The van der Waals surface area contributed by atoms with E-state index in [2.05, 4.69) is 22.0 Å². The largest absolute Gasteiger partial charge is 0.369 e. The number of benzene rings is 1. The van der Waals surface area contributed by atoms with Crippen LogP contribution < -0.4 is 15.8 Å². The Morgan fingerprint density at radius 2 is 1.79 bits per heavy atom. The Balaban J connectivity index is 1.60. The SMILES string of the molecule is CCN1CCN(c2ccc(NC(=O)Cn3cc([N+](=O)[O-])ccc3=O)cc2)CC1. The summed E-state index contributed by atoms with van der Waals surface area (Å²) in [6.45, 7) is 6.94. The molecule has 1 aliphatic heterocycles. The molecule has 28 heavy (non-hydrogen) atoms. The molecule has 1 fully saturated rings. The van der Waals surface area contributed by atoms with Gasteiger partial charge in [-0.3, -0.25) is 24.3 Å². The molecule has 0 saturated carbocycles. The van der Waals surface area contributed by atoms with Crippen LogP contribution in [0.1, 0.15) is 6.92 Å². The molecule has 0 atom stereocenters. The summed E-state index contributed by atoms with van der Waals surface area (Å²) in [5.41, 5.74) is 1.00. The van der Waals surface area contributed by atoms with Gasteiger partial charge in [-0.1, -0.05) is 6.92 Å². The summed E-state index contributed by atoms with van der Waals surface area (Å²) in [7, 11) is 0. The number of hydrogen-bond acceptors (Lipinski definition) is 6. The summed E-state index contributed by atoms with van der Waals surface area (Å²) >= 11 is 0. The van der Waals surface area contributed by atoms with E-state index in [4.69, 9.17) is 0 Å². The zero-order valence-corrected chi connectivity index (χ0v) is 15.7. The van der Waals surface area contributed by atoms with Gasteiger partial charge in [-0.25, -0.2) is 0 Å². The van der Waals surface area contributed by atoms with Crippen LogP contribution in [0.3, 0.4) is 0 Å². The number of nitro groups is 1. The van der Waals surface area contributed by atoms with E-state index >= 15 is 0 Å². The van der Waals surface area contributed by atoms with Gasteiger partial charge >= 0.3 is 0 Å². The van der Waals surface area contributed by atoms with Crippen molar-refractivity contribution < 1.29 is 9.72 Å². The molecular weight excluding hydrogens is 362 g/mol. The van der Waals surface area contributed by atoms with Gasteiger partial charge in [-0.05, 0) is 30.8 Å². The predicted octanol–water partition coefficient (Wildman–Crippen LogP) is 1.54. The highest BCUT2D eigenvalue weighted by Crippen LogP contribution is 2.19. The normalized spacial score (nSPS) is 14.7. The number of pyridine rings is 1. The van der Waals surface area contributed by atoms with E-state index in [0.717, 1.165) is 61.3 Å². The summed E-state index contributed by atoms with van der Waals surface area (Å²) in [5, 5.41) is 13.5. The molecule has 0 aliphatic carbocycles. The molecule has 1 saturated heterocycles. The number of aromatic nitrogens is 1. The maximum absolute atomic E-state index is 12.2. The second-order valence-corrected chi connectivity index (χ2v) is 6.63. The van der Waals surface area contributed by atoms with Gasteiger partial charge in [0, 0.05) is 49.7 Å². The van der Waals surface area contributed by atoms with Crippen LogP contribution in [0.15, 0.2) is 47.4 Å². The molecule has 1 N–H and O–H groups in total. The molecule has 148 valence electrons. The number of nitrogens with zero attached hydrogens (tertiary/aromatic N) is 4. The topological polar surface area (TPSA) is 101 Å². The van der Waals surface area contributed by atoms with Crippen LogP contribution in [0.5, 0.6) is 0 Å². The lowest BCUT2D eigenvalue weighted by Gasteiger charge is -2.35.